The smallest absolute Gasteiger partial charge is 0.291 e. The number of aryl methyl sites for hydroxylation is 1. The molecule has 2 rings (SSSR count). The summed E-state index contributed by atoms with van der Waals surface area (Å²) in [4.78, 5) is 12.8. The maximum absolute atomic E-state index is 11.8. The lowest BCUT2D eigenvalue weighted by molar-refractivity contribution is 0.0997. The molecule has 2 heterocycles. The first-order valence-corrected chi connectivity index (χ1v) is 5.80. The van der Waals surface area contributed by atoms with Crippen molar-refractivity contribution in [2.75, 3.05) is 5.32 Å². The third kappa shape index (κ3) is 2.08. The number of hydrogen-bond acceptors (Lipinski definition) is 4. The van der Waals surface area contributed by atoms with Gasteiger partial charge in [0, 0.05) is 4.88 Å². The van der Waals surface area contributed by atoms with E-state index in [1.165, 1.54) is 17.6 Å². The van der Waals surface area contributed by atoms with Crippen LogP contribution in [0.25, 0.3) is 0 Å². The number of nitrogens with one attached hydrogen (secondary N) is 1. The minimum absolute atomic E-state index is 0.234. The summed E-state index contributed by atoms with van der Waals surface area (Å²) in [5, 5.41) is 12.3. The third-order valence-corrected chi connectivity index (χ3v) is 3.59. The Bertz CT molecular complexity index is 591. The van der Waals surface area contributed by atoms with E-state index in [2.05, 4.69) is 11.4 Å². The zero-order chi connectivity index (χ0) is 12.4. The van der Waals surface area contributed by atoms with Crippen molar-refractivity contribution >= 4 is 22.2 Å². The fraction of sp³-hybridized carbons (Fsp3) is 0.167. The molecule has 0 radical (unpaired) electrons. The van der Waals surface area contributed by atoms with Gasteiger partial charge in [0.05, 0.1) is 11.8 Å². The van der Waals surface area contributed by atoms with Crippen molar-refractivity contribution in [2.24, 2.45) is 0 Å². The highest BCUT2D eigenvalue weighted by Gasteiger charge is 2.16. The van der Waals surface area contributed by atoms with Gasteiger partial charge in [-0.2, -0.15) is 5.26 Å². The van der Waals surface area contributed by atoms with Crippen molar-refractivity contribution in [2.45, 2.75) is 13.8 Å². The van der Waals surface area contributed by atoms with Gasteiger partial charge >= 0.3 is 0 Å². The van der Waals surface area contributed by atoms with E-state index in [0.29, 0.717) is 10.6 Å². The van der Waals surface area contributed by atoms with Gasteiger partial charge in [-0.25, -0.2) is 0 Å². The van der Waals surface area contributed by atoms with Gasteiger partial charge in [0.2, 0.25) is 0 Å². The second-order valence-corrected chi connectivity index (χ2v) is 4.76. The fourth-order valence-corrected chi connectivity index (χ4v) is 2.43. The molecule has 0 saturated heterocycles. The van der Waals surface area contributed by atoms with E-state index >= 15 is 0 Å². The van der Waals surface area contributed by atoms with Crippen molar-refractivity contribution in [1.29, 1.82) is 5.26 Å². The van der Waals surface area contributed by atoms with Crippen LogP contribution in [0.5, 0.6) is 0 Å². The number of carbonyl (C=O) groups excluding carboxylic acids is 1. The van der Waals surface area contributed by atoms with Gasteiger partial charge in [0.1, 0.15) is 11.1 Å². The first-order chi connectivity index (χ1) is 8.13. The summed E-state index contributed by atoms with van der Waals surface area (Å²) < 4.78 is 4.99. The number of rotatable bonds is 2. The van der Waals surface area contributed by atoms with Crippen LogP contribution in [0.4, 0.5) is 5.00 Å². The number of nitriles is 1. The van der Waals surface area contributed by atoms with Crippen LogP contribution >= 0.6 is 11.3 Å². The highest BCUT2D eigenvalue weighted by Crippen LogP contribution is 2.31. The molecule has 0 saturated carbocycles. The summed E-state index contributed by atoms with van der Waals surface area (Å²) in [7, 11) is 0. The Morgan fingerprint density at radius 2 is 2.29 bits per heavy atom. The SMILES string of the molecule is Cc1sc(NC(=O)c2ccco2)c(C#N)c1C. The van der Waals surface area contributed by atoms with E-state index in [0.717, 1.165) is 10.4 Å². The maximum atomic E-state index is 11.8. The van der Waals surface area contributed by atoms with E-state index in [9.17, 15) is 4.79 Å². The minimum Gasteiger partial charge on any atom is -0.459 e. The number of amides is 1. The standard InChI is InChI=1S/C12H10N2O2S/c1-7-8(2)17-12(9(7)6-13)14-11(15)10-4-3-5-16-10/h3-5H,1-2H3,(H,14,15). The van der Waals surface area contributed by atoms with Gasteiger partial charge in [-0.15, -0.1) is 11.3 Å². The first kappa shape index (κ1) is 11.4. The molecule has 1 N–H and O–H groups in total. The number of nitrogens with zero attached hydrogens (tertiary/aromatic N) is 1. The molecule has 17 heavy (non-hydrogen) atoms. The van der Waals surface area contributed by atoms with Crippen LogP contribution in [-0.4, -0.2) is 5.91 Å². The largest absolute Gasteiger partial charge is 0.459 e. The molecule has 1 amide bonds. The lowest BCUT2D eigenvalue weighted by Gasteiger charge is -1.99. The average Bonchev–Trinajstić information content (AvgIpc) is 2.89. The molecule has 4 nitrogen and oxygen atoms in total. The van der Waals surface area contributed by atoms with Gasteiger partial charge in [-0.3, -0.25) is 4.79 Å². The van der Waals surface area contributed by atoms with Crippen LogP contribution in [0, 0.1) is 25.2 Å². The van der Waals surface area contributed by atoms with Crippen LogP contribution in [0.2, 0.25) is 0 Å². The van der Waals surface area contributed by atoms with Crippen molar-refractivity contribution in [1.82, 2.24) is 0 Å². The van der Waals surface area contributed by atoms with Gasteiger partial charge in [-0.05, 0) is 31.5 Å². The Morgan fingerprint density at radius 3 is 2.88 bits per heavy atom. The van der Waals surface area contributed by atoms with E-state index in [1.54, 1.807) is 12.1 Å². The van der Waals surface area contributed by atoms with Crippen LogP contribution < -0.4 is 5.32 Å². The highest BCUT2D eigenvalue weighted by atomic mass is 32.1. The van der Waals surface area contributed by atoms with Gasteiger partial charge < -0.3 is 9.73 Å². The topological polar surface area (TPSA) is 66.0 Å². The van der Waals surface area contributed by atoms with Gasteiger partial charge in [0.15, 0.2) is 5.76 Å². The molecule has 0 spiro atoms. The molecule has 0 bridgehead atoms. The minimum atomic E-state index is -0.340. The number of furan rings is 1. The van der Waals surface area contributed by atoms with Crippen LogP contribution in [0.1, 0.15) is 26.6 Å². The molecule has 0 unspecified atom stereocenters. The maximum Gasteiger partial charge on any atom is 0.291 e. The van der Waals surface area contributed by atoms with Crippen molar-refractivity contribution in [3.8, 4) is 6.07 Å². The molecule has 0 aromatic carbocycles. The molecule has 86 valence electrons. The Kier molecular flexibility index (Phi) is 2.98. The summed E-state index contributed by atoms with van der Waals surface area (Å²) in [5.41, 5.74) is 1.43. The number of carbonyl (C=O) groups is 1. The molecule has 0 aliphatic rings. The zero-order valence-electron chi connectivity index (χ0n) is 9.40. The first-order valence-electron chi connectivity index (χ1n) is 4.98. The predicted molar refractivity (Wildman–Crippen MR) is 65.2 cm³/mol. The van der Waals surface area contributed by atoms with E-state index < -0.39 is 0 Å². The molecule has 0 aliphatic heterocycles. The van der Waals surface area contributed by atoms with Crippen molar-refractivity contribution in [3.05, 3.63) is 40.2 Å². The third-order valence-electron chi connectivity index (χ3n) is 2.47. The number of anilines is 1. The van der Waals surface area contributed by atoms with Gasteiger partial charge in [0.25, 0.3) is 5.91 Å². The Labute approximate surface area is 102 Å². The molecule has 2 aromatic heterocycles. The number of thiophene rings is 1. The second kappa shape index (κ2) is 4.44. The lowest BCUT2D eigenvalue weighted by Crippen LogP contribution is -2.10. The summed E-state index contributed by atoms with van der Waals surface area (Å²) in [6.07, 6.45) is 1.44. The Morgan fingerprint density at radius 1 is 1.53 bits per heavy atom. The molecule has 0 aliphatic carbocycles. The zero-order valence-corrected chi connectivity index (χ0v) is 10.2. The quantitative estimate of drug-likeness (QED) is 0.885. The molecular weight excluding hydrogens is 236 g/mol. The van der Waals surface area contributed by atoms with Crippen LogP contribution in [-0.2, 0) is 0 Å². The van der Waals surface area contributed by atoms with E-state index in [-0.39, 0.29) is 11.7 Å². The molecule has 0 fully saturated rings. The summed E-state index contributed by atoms with van der Waals surface area (Å²) in [6.45, 7) is 3.79. The second-order valence-electron chi connectivity index (χ2n) is 3.53. The highest BCUT2D eigenvalue weighted by molar-refractivity contribution is 7.16. The van der Waals surface area contributed by atoms with Crippen LogP contribution in [0.15, 0.2) is 22.8 Å². The van der Waals surface area contributed by atoms with E-state index in [1.807, 2.05) is 13.8 Å². The normalized spacial score (nSPS) is 9.94. The summed E-state index contributed by atoms with van der Waals surface area (Å²) in [6, 6.07) is 5.32. The lowest BCUT2D eigenvalue weighted by atomic mass is 10.2. The molecule has 0 atom stereocenters. The molecule has 5 heteroatoms. The summed E-state index contributed by atoms with van der Waals surface area (Å²) in [5.74, 6) is -0.106. The average molecular weight is 246 g/mol. The Hall–Kier alpha value is -2.06. The van der Waals surface area contributed by atoms with E-state index in [4.69, 9.17) is 9.68 Å². The Balaban J connectivity index is 2.29. The van der Waals surface area contributed by atoms with Gasteiger partial charge in [-0.1, -0.05) is 0 Å². The monoisotopic (exact) mass is 246 g/mol. The molecule has 2 aromatic rings. The van der Waals surface area contributed by atoms with Crippen molar-refractivity contribution in [3.63, 3.8) is 0 Å². The van der Waals surface area contributed by atoms with Crippen LogP contribution in [0.3, 0.4) is 0 Å². The fourth-order valence-electron chi connectivity index (χ4n) is 1.42. The van der Waals surface area contributed by atoms with Crippen molar-refractivity contribution < 1.29 is 9.21 Å². The predicted octanol–water partition coefficient (Wildman–Crippen LogP) is 3.08. The number of hydrogen-bond donors (Lipinski definition) is 1. The molecular formula is C12H10N2O2S. The summed E-state index contributed by atoms with van der Waals surface area (Å²) >= 11 is 1.40.